The van der Waals surface area contributed by atoms with E-state index in [0.717, 1.165) is 17.5 Å². The van der Waals surface area contributed by atoms with E-state index in [1.165, 1.54) is 11.1 Å². The molecule has 0 spiro atoms. The van der Waals surface area contributed by atoms with Gasteiger partial charge in [-0.3, -0.25) is 9.59 Å². The van der Waals surface area contributed by atoms with Crippen LogP contribution in [0.1, 0.15) is 42.7 Å². The van der Waals surface area contributed by atoms with Gasteiger partial charge in [0, 0.05) is 25.0 Å². The number of carbonyl (C=O) groups is 3. The smallest absolute Gasteiger partial charge is 0.407 e. The Kier molecular flexibility index (Phi) is 6.72. The molecule has 0 aromatic heterocycles. The zero-order valence-electron chi connectivity index (χ0n) is 19.5. The number of fused-ring (bicyclic) bond motifs is 3. The molecule has 0 bridgehead atoms. The number of nitrogens with zero attached hydrogens (tertiary/aromatic N) is 1. The van der Waals surface area contributed by atoms with Crippen molar-refractivity contribution >= 4 is 18.0 Å². The quantitative estimate of drug-likeness (QED) is 0.659. The number of morpholine rings is 1. The van der Waals surface area contributed by atoms with Crippen molar-refractivity contribution in [3.05, 3.63) is 59.7 Å². The molecule has 5 rings (SSSR count). The van der Waals surface area contributed by atoms with Crippen molar-refractivity contribution in [2.24, 2.45) is 5.92 Å². The fraction of sp³-hybridized carbons (Fsp3) is 0.444. The fourth-order valence-corrected chi connectivity index (χ4v) is 5.69. The Morgan fingerprint density at radius 3 is 2.40 bits per heavy atom. The second-order valence-electron chi connectivity index (χ2n) is 9.49. The highest BCUT2D eigenvalue weighted by atomic mass is 16.5. The molecule has 2 N–H and O–H groups in total. The number of carbonyl (C=O) groups excluding carboxylic acids is 2. The van der Waals surface area contributed by atoms with Gasteiger partial charge in [-0.1, -0.05) is 55.0 Å². The molecule has 1 heterocycles. The van der Waals surface area contributed by atoms with Crippen molar-refractivity contribution in [3.63, 3.8) is 0 Å². The predicted octanol–water partition coefficient (Wildman–Crippen LogP) is 3.40. The largest absolute Gasteiger partial charge is 0.481 e. The number of ether oxygens (including phenoxy) is 2. The summed E-state index contributed by atoms with van der Waals surface area (Å²) in [5, 5.41) is 12.0. The summed E-state index contributed by atoms with van der Waals surface area (Å²) in [7, 11) is 0. The molecule has 3 aliphatic rings. The van der Waals surface area contributed by atoms with E-state index in [4.69, 9.17) is 14.6 Å². The van der Waals surface area contributed by atoms with Crippen LogP contribution in [0.3, 0.4) is 0 Å². The molecule has 2 aromatic carbocycles. The van der Waals surface area contributed by atoms with E-state index in [2.05, 4.69) is 29.6 Å². The molecule has 2 amide bonds. The molecule has 2 aromatic rings. The second kappa shape index (κ2) is 10.1. The lowest BCUT2D eigenvalue weighted by Gasteiger charge is -2.35. The minimum atomic E-state index is -0.944. The maximum Gasteiger partial charge on any atom is 0.407 e. The summed E-state index contributed by atoms with van der Waals surface area (Å²) in [6, 6.07) is 16.1. The van der Waals surface area contributed by atoms with Crippen LogP contribution in [-0.2, 0) is 19.1 Å². The van der Waals surface area contributed by atoms with Crippen molar-refractivity contribution in [3.8, 4) is 11.1 Å². The number of benzene rings is 2. The van der Waals surface area contributed by atoms with E-state index in [9.17, 15) is 14.4 Å². The van der Waals surface area contributed by atoms with Crippen LogP contribution in [0, 0.1) is 5.92 Å². The first-order valence-electron chi connectivity index (χ1n) is 12.2. The summed E-state index contributed by atoms with van der Waals surface area (Å²) in [5.74, 6) is -1.35. The zero-order chi connectivity index (χ0) is 24.4. The van der Waals surface area contributed by atoms with Gasteiger partial charge in [-0.25, -0.2) is 4.79 Å². The Morgan fingerprint density at radius 1 is 1.03 bits per heavy atom. The van der Waals surface area contributed by atoms with E-state index < -0.39 is 18.2 Å². The number of alkyl carbamates (subject to hydrolysis) is 1. The molecule has 2 aliphatic carbocycles. The van der Waals surface area contributed by atoms with Crippen LogP contribution in [0.4, 0.5) is 4.79 Å². The Morgan fingerprint density at radius 2 is 1.71 bits per heavy atom. The Hall–Kier alpha value is -3.39. The van der Waals surface area contributed by atoms with Gasteiger partial charge in [0.2, 0.25) is 5.91 Å². The monoisotopic (exact) mass is 478 g/mol. The Labute approximate surface area is 204 Å². The molecule has 184 valence electrons. The minimum Gasteiger partial charge on any atom is -0.481 e. The lowest BCUT2D eigenvalue weighted by atomic mass is 9.98. The molecule has 0 radical (unpaired) electrons. The summed E-state index contributed by atoms with van der Waals surface area (Å²) in [5.41, 5.74) is 4.65. The zero-order valence-corrected chi connectivity index (χ0v) is 19.5. The first kappa shape index (κ1) is 23.4. The summed E-state index contributed by atoms with van der Waals surface area (Å²) in [4.78, 5) is 38.7. The van der Waals surface area contributed by atoms with Gasteiger partial charge >= 0.3 is 12.1 Å². The van der Waals surface area contributed by atoms with E-state index in [1.807, 2.05) is 24.3 Å². The van der Waals surface area contributed by atoms with Crippen molar-refractivity contribution in [2.75, 3.05) is 26.3 Å². The van der Waals surface area contributed by atoms with Crippen molar-refractivity contribution in [1.82, 2.24) is 10.2 Å². The van der Waals surface area contributed by atoms with E-state index >= 15 is 0 Å². The summed E-state index contributed by atoms with van der Waals surface area (Å²) >= 11 is 0. The summed E-state index contributed by atoms with van der Waals surface area (Å²) in [6.45, 7) is 1.24. The molecule has 1 aliphatic heterocycles. The number of aliphatic carboxylic acids is 1. The van der Waals surface area contributed by atoms with Gasteiger partial charge in [-0.05, 0) is 35.1 Å². The molecule has 1 unspecified atom stereocenters. The van der Waals surface area contributed by atoms with E-state index in [1.54, 1.807) is 4.90 Å². The van der Waals surface area contributed by atoms with Gasteiger partial charge in [-0.15, -0.1) is 0 Å². The van der Waals surface area contributed by atoms with Gasteiger partial charge in [0.1, 0.15) is 6.61 Å². The third-order valence-corrected chi connectivity index (χ3v) is 7.33. The third kappa shape index (κ3) is 4.89. The van der Waals surface area contributed by atoms with Crippen LogP contribution in [0.2, 0.25) is 0 Å². The van der Waals surface area contributed by atoms with Gasteiger partial charge in [0.05, 0.1) is 25.0 Å². The van der Waals surface area contributed by atoms with Crippen LogP contribution in [-0.4, -0.2) is 66.4 Å². The second-order valence-corrected chi connectivity index (χ2v) is 9.49. The molecule has 1 saturated carbocycles. The predicted molar refractivity (Wildman–Crippen MR) is 128 cm³/mol. The Bertz CT molecular complexity index is 1070. The highest BCUT2D eigenvalue weighted by molar-refractivity contribution is 5.81. The van der Waals surface area contributed by atoms with E-state index in [-0.39, 0.29) is 43.4 Å². The first-order chi connectivity index (χ1) is 17.0. The number of hydrogen-bond acceptors (Lipinski definition) is 5. The van der Waals surface area contributed by atoms with Crippen molar-refractivity contribution in [2.45, 2.75) is 43.7 Å². The number of carboxylic acids is 1. The highest BCUT2D eigenvalue weighted by Gasteiger charge is 2.39. The lowest BCUT2D eigenvalue weighted by Crippen LogP contribution is -2.51. The summed E-state index contributed by atoms with van der Waals surface area (Å²) in [6.07, 6.45) is 1.10. The first-order valence-corrected chi connectivity index (χ1v) is 12.2. The summed E-state index contributed by atoms with van der Waals surface area (Å²) < 4.78 is 11.2. The molecule has 1 saturated heterocycles. The third-order valence-electron chi connectivity index (χ3n) is 7.33. The molecular formula is C27H30N2O6. The molecule has 3 atom stereocenters. The average Bonchev–Trinajstić information content (AvgIpc) is 3.44. The molecule has 35 heavy (non-hydrogen) atoms. The SMILES string of the molecule is O=C(O)CC1CN(C(=O)[C@@H]2CCC[C@@H]2NC(=O)OCC2c3ccccc3-c3ccccc32)CCO1. The standard InChI is InChI=1S/C27H30N2O6/c30-25(31)14-17-15-29(12-13-34-17)26(32)22-10-5-11-24(22)28-27(33)35-16-23-20-8-3-1-6-18(20)19-7-2-4-9-21(19)23/h1-4,6-9,17,22-24H,5,10-16H2,(H,28,33)(H,30,31)/t17?,22-,24+/m1/s1. The highest BCUT2D eigenvalue weighted by Crippen LogP contribution is 2.44. The van der Waals surface area contributed by atoms with Crippen LogP contribution < -0.4 is 5.32 Å². The minimum absolute atomic E-state index is 0.0197. The van der Waals surface area contributed by atoms with Crippen LogP contribution in [0.25, 0.3) is 11.1 Å². The van der Waals surface area contributed by atoms with Crippen molar-refractivity contribution in [1.29, 1.82) is 0 Å². The topological polar surface area (TPSA) is 105 Å². The van der Waals surface area contributed by atoms with E-state index in [0.29, 0.717) is 26.0 Å². The molecule has 2 fully saturated rings. The Balaban J connectivity index is 1.19. The number of carboxylic acid groups (broad SMARTS) is 1. The average molecular weight is 479 g/mol. The number of hydrogen-bond donors (Lipinski definition) is 2. The van der Waals surface area contributed by atoms with Gasteiger partial charge in [0.15, 0.2) is 0 Å². The maximum absolute atomic E-state index is 13.2. The van der Waals surface area contributed by atoms with Crippen LogP contribution >= 0.6 is 0 Å². The fourth-order valence-electron chi connectivity index (χ4n) is 5.69. The normalized spacial score (nSPS) is 23.4. The van der Waals surface area contributed by atoms with Gasteiger partial charge in [0.25, 0.3) is 0 Å². The number of nitrogens with one attached hydrogen (secondary N) is 1. The molecule has 8 nitrogen and oxygen atoms in total. The van der Waals surface area contributed by atoms with Gasteiger partial charge in [-0.2, -0.15) is 0 Å². The van der Waals surface area contributed by atoms with Crippen LogP contribution in [0.5, 0.6) is 0 Å². The molecule has 8 heteroatoms. The number of amides is 2. The maximum atomic E-state index is 13.2. The van der Waals surface area contributed by atoms with Crippen molar-refractivity contribution < 1.29 is 29.0 Å². The number of rotatable bonds is 6. The molecular weight excluding hydrogens is 448 g/mol. The van der Waals surface area contributed by atoms with Crippen LogP contribution in [0.15, 0.2) is 48.5 Å². The van der Waals surface area contributed by atoms with Gasteiger partial charge < -0.3 is 24.8 Å². The lowest BCUT2D eigenvalue weighted by molar-refractivity contribution is -0.150.